The van der Waals surface area contributed by atoms with E-state index in [1.807, 2.05) is 15.6 Å². The summed E-state index contributed by atoms with van der Waals surface area (Å²) in [5.41, 5.74) is 2.05. The Hall–Kier alpha value is -2.72. The van der Waals surface area contributed by atoms with Crippen LogP contribution in [0.2, 0.25) is 0 Å². The molecule has 0 unspecified atom stereocenters. The molecule has 2 amide bonds. The quantitative estimate of drug-likeness (QED) is 0.672. The van der Waals surface area contributed by atoms with Crippen molar-refractivity contribution in [1.29, 1.82) is 0 Å². The third-order valence-corrected chi connectivity index (χ3v) is 8.55. The molecule has 2 aromatic rings. The minimum Gasteiger partial charge on any atom is -0.378 e. The second-order valence-corrected chi connectivity index (χ2v) is 10.9. The molecule has 33 heavy (non-hydrogen) atoms. The summed E-state index contributed by atoms with van der Waals surface area (Å²) in [6.07, 6.45) is 1.70. The molecule has 0 atom stereocenters. The van der Waals surface area contributed by atoms with Crippen LogP contribution < -0.4 is 0 Å². The number of carbonyl (C=O) groups excluding carboxylic acids is 2. The van der Waals surface area contributed by atoms with Gasteiger partial charge in [0.05, 0.1) is 29.6 Å². The first-order valence-corrected chi connectivity index (χ1v) is 13.0. The van der Waals surface area contributed by atoms with Crippen LogP contribution in [-0.4, -0.2) is 79.2 Å². The summed E-state index contributed by atoms with van der Waals surface area (Å²) in [5, 5.41) is 4.72. The van der Waals surface area contributed by atoms with Crippen molar-refractivity contribution in [3.63, 3.8) is 0 Å². The predicted octanol–water partition coefficient (Wildman–Crippen LogP) is 1.57. The van der Waals surface area contributed by atoms with Crippen LogP contribution in [0.25, 0.3) is 11.3 Å². The molecule has 2 saturated heterocycles. The lowest BCUT2D eigenvalue weighted by Crippen LogP contribution is -2.41. The standard InChI is InChI=1S/C23H28N4O5S/c1-16(28)25-8-6-17(7-9-25)14-27-22-18-4-2-3-5-20(18)33(30,31)15-19(22)21(24-27)23(29)26-10-12-32-13-11-26/h2-5,17H,6-15H2,1H3. The van der Waals surface area contributed by atoms with Gasteiger partial charge < -0.3 is 14.5 Å². The van der Waals surface area contributed by atoms with E-state index >= 15 is 0 Å². The van der Waals surface area contributed by atoms with Gasteiger partial charge in [0.2, 0.25) is 5.91 Å². The molecule has 2 fully saturated rings. The first kappa shape index (κ1) is 22.1. The van der Waals surface area contributed by atoms with E-state index in [-0.39, 0.29) is 28.2 Å². The number of piperidine rings is 1. The molecule has 3 aliphatic rings. The maximum absolute atomic E-state index is 13.4. The smallest absolute Gasteiger partial charge is 0.274 e. The highest BCUT2D eigenvalue weighted by Crippen LogP contribution is 2.40. The summed E-state index contributed by atoms with van der Waals surface area (Å²) in [6.45, 7) is 5.43. The summed E-state index contributed by atoms with van der Waals surface area (Å²) in [4.78, 5) is 28.9. The molecule has 4 heterocycles. The Bertz CT molecular complexity index is 1190. The van der Waals surface area contributed by atoms with Crippen LogP contribution in [0.15, 0.2) is 29.2 Å². The number of morpholine rings is 1. The third kappa shape index (κ3) is 4.06. The largest absolute Gasteiger partial charge is 0.378 e. The topological polar surface area (TPSA) is 102 Å². The Morgan fingerprint density at radius 2 is 1.76 bits per heavy atom. The van der Waals surface area contributed by atoms with E-state index in [4.69, 9.17) is 9.84 Å². The van der Waals surface area contributed by atoms with Crippen molar-refractivity contribution in [3.8, 4) is 11.3 Å². The molecule has 0 saturated carbocycles. The lowest BCUT2D eigenvalue weighted by atomic mass is 9.96. The van der Waals surface area contributed by atoms with Crippen molar-refractivity contribution in [2.45, 2.75) is 37.0 Å². The SMILES string of the molecule is CC(=O)N1CCC(Cn2nc(C(=O)N3CCOCC3)c3c2-c2ccccc2S(=O)(=O)C3)CC1. The van der Waals surface area contributed by atoms with E-state index in [0.29, 0.717) is 63.0 Å². The predicted molar refractivity (Wildman–Crippen MR) is 120 cm³/mol. The van der Waals surface area contributed by atoms with Crippen molar-refractivity contribution in [2.75, 3.05) is 39.4 Å². The summed E-state index contributed by atoms with van der Waals surface area (Å²) >= 11 is 0. The zero-order valence-corrected chi connectivity index (χ0v) is 19.5. The van der Waals surface area contributed by atoms with Crippen LogP contribution in [0.4, 0.5) is 0 Å². The number of aromatic nitrogens is 2. The van der Waals surface area contributed by atoms with Gasteiger partial charge >= 0.3 is 0 Å². The molecule has 10 heteroatoms. The first-order valence-electron chi connectivity index (χ1n) is 11.4. The highest BCUT2D eigenvalue weighted by Gasteiger charge is 2.37. The van der Waals surface area contributed by atoms with Crippen molar-refractivity contribution in [3.05, 3.63) is 35.5 Å². The number of nitrogens with zero attached hydrogens (tertiary/aromatic N) is 4. The first-order chi connectivity index (χ1) is 15.8. The average Bonchev–Trinajstić information content (AvgIpc) is 3.16. The van der Waals surface area contributed by atoms with E-state index in [1.54, 1.807) is 30.0 Å². The normalized spacial score (nSPS) is 20.3. The zero-order valence-electron chi connectivity index (χ0n) is 18.7. The number of fused-ring (bicyclic) bond motifs is 3. The van der Waals surface area contributed by atoms with E-state index in [1.165, 1.54) is 0 Å². The fraction of sp³-hybridized carbons (Fsp3) is 0.522. The van der Waals surface area contributed by atoms with Gasteiger partial charge in [-0.1, -0.05) is 18.2 Å². The summed E-state index contributed by atoms with van der Waals surface area (Å²) in [7, 11) is -3.57. The highest BCUT2D eigenvalue weighted by atomic mass is 32.2. The van der Waals surface area contributed by atoms with Crippen LogP contribution in [0.3, 0.4) is 0 Å². The second-order valence-electron chi connectivity index (χ2n) is 8.97. The van der Waals surface area contributed by atoms with E-state index in [0.717, 1.165) is 18.5 Å². The summed E-state index contributed by atoms with van der Waals surface area (Å²) in [6, 6.07) is 6.96. The third-order valence-electron chi connectivity index (χ3n) is 6.85. The Kier molecular flexibility index (Phi) is 5.74. The van der Waals surface area contributed by atoms with Gasteiger partial charge in [-0.25, -0.2) is 8.42 Å². The number of carbonyl (C=O) groups is 2. The van der Waals surface area contributed by atoms with Crippen molar-refractivity contribution >= 4 is 21.7 Å². The molecule has 3 aliphatic heterocycles. The Morgan fingerprint density at radius 1 is 1.06 bits per heavy atom. The number of ether oxygens (including phenoxy) is 1. The number of benzene rings is 1. The molecular weight excluding hydrogens is 444 g/mol. The lowest BCUT2D eigenvalue weighted by Gasteiger charge is -2.31. The minimum atomic E-state index is -3.57. The number of hydrogen-bond acceptors (Lipinski definition) is 6. The number of sulfone groups is 1. The van der Waals surface area contributed by atoms with E-state index < -0.39 is 9.84 Å². The number of rotatable bonds is 3. The molecule has 1 aromatic heterocycles. The molecule has 176 valence electrons. The van der Waals surface area contributed by atoms with Gasteiger partial charge in [0, 0.05) is 50.8 Å². The number of likely N-dealkylation sites (tertiary alicyclic amines) is 1. The molecule has 0 aliphatic carbocycles. The lowest BCUT2D eigenvalue weighted by molar-refractivity contribution is -0.130. The molecule has 9 nitrogen and oxygen atoms in total. The number of hydrogen-bond donors (Lipinski definition) is 0. The molecule has 0 spiro atoms. The van der Waals surface area contributed by atoms with Crippen molar-refractivity contribution < 1.29 is 22.7 Å². The highest BCUT2D eigenvalue weighted by molar-refractivity contribution is 7.90. The van der Waals surface area contributed by atoms with Crippen LogP contribution in [0.1, 0.15) is 35.8 Å². The van der Waals surface area contributed by atoms with Gasteiger partial charge in [-0.05, 0) is 24.8 Å². The van der Waals surface area contributed by atoms with E-state index in [2.05, 4.69) is 0 Å². The van der Waals surface area contributed by atoms with Gasteiger partial charge in [0.1, 0.15) is 0 Å². The van der Waals surface area contributed by atoms with E-state index in [9.17, 15) is 18.0 Å². The maximum atomic E-state index is 13.4. The van der Waals surface area contributed by atoms with Gasteiger partial charge in [0.25, 0.3) is 5.91 Å². The van der Waals surface area contributed by atoms with Crippen molar-refractivity contribution in [2.24, 2.45) is 5.92 Å². The molecule has 0 bridgehead atoms. The fourth-order valence-electron chi connectivity index (χ4n) is 5.03. The van der Waals surface area contributed by atoms with Crippen LogP contribution in [0.5, 0.6) is 0 Å². The zero-order chi connectivity index (χ0) is 23.2. The number of amides is 2. The Morgan fingerprint density at radius 3 is 2.45 bits per heavy atom. The van der Waals surface area contributed by atoms with Crippen LogP contribution in [-0.2, 0) is 31.7 Å². The second kappa shape index (κ2) is 8.57. The molecular formula is C23H28N4O5S. The van der Waals surface area contributed by atoms with Gasteiger partial charge in [-0.15, -0.1) is 0 Å². The minimum absolute atomic E-state index is 0.0856. The van der Waals surface area contributed by atoms with Gasteiger partial charge in [-0.2, -0.15) is 5.10 Å². The molecule has 5 rings (SSSR count). The monoisotopic (exact) mass is 472 g/mol. The van der Waals surface area contributed by atoms with Crippen LogP contribution >= 0.6 is 0 Å². The summed E-state index contributed by atoms with van der Waals surface area (Å²) < 4.78 is 33.3. The van der Waals surface area contributed by atoms with Gasteiger partial charge in [0.15, 0.2) is 15.5 Å². The fourth-order valence-corrected chi connectivity index (χ4v) is 6.63. The van der Waals surface area contributed by atoms with Gasteiger partial charge in [-0.3, -0.25) is 14.3 Å². The molecule has 1 aromatic carbocycles. The maximum Gasteiger partial charge on any atom is 0.274 e. The van der Waals surface area contributed by atoms with Crippen LogP contribution in [0, 0.1) is 5.92 Å². The Labute approximate surface area is 193 Å². The summed E-state index contributed by atoms with van der Waals surface area (Å²) in [5.74, 6) is -0.0913. The average molecular weight is 473 g/mol. The Balaban J connectivity index is 1.54. The van der Waals surface area contributed by atoms with Crippen molar-refractivity contribution in [1.82, 2.24) is 19.6 Å². The molecule has 0 N–H and O–H groups in total. The molecule has 0 radical (unpaired) electrons.